The minimum absolute atomic E-state index is 1.22. The Labute approximate surface area is 141 Å². The minimum atomic E-state index is 1.22. The van der Waals surface area contributed by atoms with E-state index >= 15 is 0 Å². The number of anilines is 2. The van der Waals surface area contributed by atoms with E-state index in [-0.39, 0.29) is 0 Å². The van der Waals surface area contributed by atoms with Crippen LogP contribution in [0.25, 0.3) is 12.2 Å². The normalized spacial score (nSPS) is 13.0. The van der Waals surface area contributed by atoms with E-state index in [4.69, 9.17) is 0 Å². The quantitative estimate of drug-likeness (QED) is 0.526. The third-order valence-corrected chi connectivity index (χ3v) is 5.17. The van der Waals surface area contributed by atoms with Crippen LogP contribution in [0.1, 0.15) is 11.1 Å². The van der Waals surface area contributed by atoms with Gasteiger partial charge in [0.25, 0.3) is 0 Å². The summed E-state index contributed by atoms with van der Waals surface area (Å²) in [6.45, 7) is 0. The average Bonchev–Trinajstić information content (AvgIpc) is 2.61. The molecule has 0 bridgehead atoms. The molecule has 0 saturated carbocycles. The number of benzene rings is 3. The maximum absolute atomic E-state index is 2.27. The van der Waals surface area contributed by atoms with Crippen LogP contribution in [0, 0.1) is 0 Å². The lowest BCUT2D eigenvalue weighted by atomic mass is 10.1. The van der Waals surface area contributed by atoms with Crippen LogP contribution in [0.2, 0.25) is 0 Å². The third kappa shape index (κ3) is 2.78. The molecule has 0 amide bonds. The molecule has 112 valence electrons. The number of fused-ring (bicyclic) bond motifs is 2. The van der Waals surface area contributed by atoms with Crippen LogP contribution in [0.5, 0.6) is 0 Å². The molecule has 0 aliphatic carbocycles. The van der Waals surface area contributed by atoms with Gasteiger partial charge in [-0.1, -0.05) is 72.4 Å². The molecule has 0 unspecified atom stereocenters. The van der Waals surface area contributed by atoms with E-state index in [1.54, 1.807) is 0 Å². The summed E-state index contributed by atoms with van der Waals surface area (Å²) in [5.74, 6) is 0. The second-order valence-electron chi connectivity index (χ2n) is 5.60. The molecule has 3 aromatic carbocycles. The van der Waals surface area contributed by atoms with Gasteiger partial charge in [-0.15, -0.1) is 0 Å². The van der Waals surface area contributed by atoms with Gasteiger partial charge in [0.1, 0.15) is 0 Å². The highest BCUT2D eigenvalue weighted by molar-refractivity contribution is 7.99. The van der Waals surface area contributed by atoms with Gasteiger partial charge in [-0.2, -0.15) is 0 Å². The summed E-state index contributed by atoms with van der Waals surface area (Å²) < 4.78 is 0. The fourth-order valence-electron chi connectivity index (χ4n) is 2.82. The van der Waals surface area contributed by atoms with Crippen LogP contribution in [0.3, 0.4) is 0 Å². The van der Waals surface area contributed by atoms with Crippen LogP contribution in [-0.4, -0.2) is 7.05 Å². The SMILES string of the molecule is CN1c2ccccc2Sc2cc(/C=C\c3ccccc3)ccc21. The molecule has 0 N–H and O–H groups in total. The Bertz CT molecular complexity index is 868. The van der Waals surface area contributed by atoms with E-state index < -0.39 is 0 Å². The lowest BCUT2D eigenvalue weighted by Gasteiger charge is -2.29. The molecule has 0 spiro atoms. The summed E-state index contributed by atoms with van der Waals surface area (Å²) in [5, 5.41) is 0. The molecule has 1 nitrogen and oxygen atoms in total. The molecular formula is C21H17NS. The zero-order valence-electron chi connectivity index (χ0n) is 12.9. The summed E-state index contributed by atoms with van der Waals surface area (Å²) >= 11 is 1.85. The van der Waals surface area contributed by atoms with Gasteiger partial charge in [0.05, 0.1) is 11.4 Å². The molecule has 0 radical (unpaired) electrons. The fraction of sp³-hybridized carbons (Fsp3) is 0.0476. The zero-order valence-corrected chi connectivity index (χ0v) is 13.8. The molecule has 23 heavy (non-hydrogen) atoms. The van der Waals surface area contributed by atoms with Gasteiger partial charge in [-0.25, -0.2) is 0 Å². The van der Waals surface area contributed by atoms with Gasteiger partial charge >= 0.3 is 0 Å². The Balaban J connectivity index is 1.66. The van der Waals surface area contributed by atoms with Crippen LogP contribution >= 0.6 is 11.8 Å². The molecule has 2 heteroatoms. The Morgan fingerprint density at radius 3 is 2.26 bits per heavy atom. The topological polar surface area (TPSA) is 3.24 Å². The smallest absolute Gasteiger partial charge is 0.0550 e. The molecular weight excluding hydrogens is 298 g/mol. The Kier molecular flexibility index (Phi) is 3.68. The van der Waals surface area contributed by atoms with E-state index in [1.807, 2.05) is 17.8 Å². The largest absolute Gasteiger partial charge is 0.343 e. The predicted molar refractivity (Wildman–Crippen MR) is 100 cm³/mol. The number of nitrogens with zero attached hydrogens (tertiary/aromatic N) is 1. The first-order valence-corrected chi connectivity index (χ1v) is 8.51. The van der Waals surface area contributed by atoms with Gasteiger partial charge in [0, 0.05) is 16.8 Å². The highest BCUT2D eigenvalue weighted by atomic mass is 32.2. The zero-order chi connectivity index (χ0) is 15.6. The summed E-state index contributed by atoms with van der Waals surface area (Å²) in [6.07, 6.45) is 4.34. The first-order valence-electron chi connectivity index (χ1n) is 7.69. The van der Waals surface area contributed by atoms with Crippen LogP contribution in [-0.2, 0) is 0 Å². The monoisotopic (exact) mass is 315 g/mol. The number of para-hydroxylation sites is 1. The van der Waals surface area contributed by atoms with E-state index in [0.717, 1.165) is 0 Å². The average molecular weight is 315 g/mol. The minimum Gasteiger partial charge on any atom is -0.343 e. The van der Waals surface area contributed by atoms with Crippen molar-refractivity contribution in [3.8, 4) is 0 Å². The van der Waals surface area contributed by atoms with Crippen molar-refractivity contribution in [1.82, 2.24) is 0 Å². The molecule has 3 aromatic rings. The third-order valence-electron chi connectivity index (χ3n) is 4.06. The van der Waals surface area contributed by atoms with Crippen molar-refractivity contribution in [2.24, 2.45) is 0 Å². The first-order chi connectivity index (χ1) is 11.3. The van der Waals surface area contributed by atoms with Crippen molar-refractivity contribution in [1.29, 1.82) is 0 Å². The van der Waals surface area contributed by atoms with Crippen LogP contribution < -0.4 is 4.90 Å². The summed E-state index contributed by atoms with van der Waals surface area (Å²) in [7, 11) is 2.14. The number of hydrogen-bond donors (Lipinski definition) is 0. The fourth-order valence-corrected chi connectivity index (χ4v) is 4.02. The molecule has 4 rings (SSSR count). The van der Waals surface area contributed by atoms with Crippen molar-refractivity contribution in [2.45, 2.75) is 9.79 Å². The van der Waals surface area contributed by atoms with Crippen LogP contribution in [0.4, 0.5) is 11.4 Å². The second kappa shape index (κ2) is 5.98. The number of hydrogen-bond acceptors (Lipinski definition) is 2. The van der Waals surface area contributed by atoms with Gasteiger partial charge in [-0.05, 0) is 35.4 Å². The first kappa shape index (κ1) is 14.2. The molecule has 1 aliphatic rings. The summed E-state index contributed by atoms with van der Waals surface area (Å²) in [4.78, 5) is 4.89. The van der Waals surface area contributed by atoms with Gasteiger partial charge in [-0.3, -0.25) is 0 Å². The molecule has 0 atom stereocenters. The second-order valence-corrected chi connectivity index (χ2v) is 6.68. The van der Waals surface area contributed by atoms with Crippen molar-refractivity contribution in [3.63, 3.8) is 0 Å². The van der Waals surface area contributed by atoms with E-state index in [2.05, 4.69) is 90.8 Å². The van der Waals surface area contributed by atoms with Gasteiger partial charge < -0.3 is 4.90 Å². The van der Waals surface area contributed by atoms with Gasteiger partial charge in [0.15, 0.2) is 0 Å². The van der Waals surface area contributed by atoms with Crippen molar-refractivity contribution in [3.05, 3.63) is 83.9 Å². The molecule has 1 aliphatic heterocycles. The highest BCUT2D eigenvalue weighted by Crippen LogP contribution is 2.47. The lowest BCUT2D eigenvalue weighted by molar-refractivity contribution is 1.11. The molecule has 0 fully saturated rings. The summed E-state index contributed by atoms with van der Waals surface area (Å²) in [5.41, 5.74) is 5.00. The Hall–Kier alpha value is -2.45. The Morgan fingerprint density at radius 1 is 0.696 bits per heavy atom. The number of rotatable bonds is 2. The molecule has 0 saturated heterocycles. The van der Waals surface area contributed by atoms with Crippen molar-refractivity contribution in [2.75, 3.05) is 11.9 Å². The standard InChI is InChI=1S/C21H17NS/c1-22-18-9-5-6-10-20(18)23-21-15-17(13-14-19(21)22)12-11-16-7-3-2-4-8-16/h2-15H,1H3/b12-11-. The summed E-state index contributed by atoms with van der Waals surface area (Å²) in [6, 6.07) is 25.6. The van der Waals surface area contributed by atoms with Crippen molar-refractivity contribution < 1.29 is 0 Å². The molecule has 1 heterocycles. The van der Waals surface area contributed by atoms with Gasteiger partial charge in [0.2, 0.25) is 0 Å². The molecule has 0 aromatic heterocycles. The Morgan fingerprint density at radius 2 is 1.39 bits per heavy atom. The van der Waals surface area contributed by atoms with Crippen molar-refractivity contribution >= 4 is 35.3 Å². The maximum Gasteiger partial charge on any atom is 0.0550 e. The lowest BCUT2D eigenvalue weighted by Crippen LogP contribution is -2.14. The van der Waals surface area contributed by atoms with E-state index in [9.17, 15) is 0 Å². The highest BCUT2D eigenvalue weighted by Gasteiger charge is 2.19. The van der Waals surface area contributed by atoms with E-state index in [0.29, 0.717) is 0 Å². The van der Waals surface area contributed by atoms with E-state index in [1.165, 1.54) is 32.3 Å². The van der Waals surface area contributed by atoms with Crippen LogP contribution in [0.15, 0.2) is 82.6 Å². The predicted octanol–water partition coefficient (Wildman–Crippen LogP) is 6.09. The maximum atomic E-state index is 2.27.